The number of rotatable bonds is 4. The largest absolute Gasteiger partial charge is 0.322 e. The van der Waals surface area contributed by atoms with Crippen LogP contribution in [0.4, 0.5) is 0 Å². The summed E-state index contributed by atoms with van der Waals surface area (Å²) in [6.07, 6.45) is 6.92. The van der Waals surface area contributed by atoms with Crippen molar-refractivity contribution in [2.24, 2.45) is 0 Å². The first-order valence-corrected chi connectivity index (χ1v) is 10.8. The normalized spacial score (nSPS) is 31.6. The lowest BCUT2D eigenvalue weighted by Gasteiger charge is -2.29. The molecule has 3 amide bonds. The second-order valence-electron chi connectivity index (χ2n) is 9.02. The highest BCUT2D eigenvalue weighted by Crippen LogP contribution is 2.37. The Morgan fingerprint density at radius 2 is 2.07 bits per heavy atom. The van der Waals surface area contributed by atoms with Crippen molar-refractivity contribution in [2.75, 3.05) is 6.54 Å². The molecule has 0 radical (unpaired) electrons. The van der Waals surface area contributed by atoms with Crippen LogP contribution in [0.3, 0.4) is 0 Å². The lowest BCUT2D eigenvalue weighted by molar-refractivity contribution is -0.136. The Kier molecular flexibility index (Phi) is 4.67. The molecule has 154 valence electrons. The molecule has 0 aromatic heterocycles. The Labute approximate surface area is 170 Å². The summed E-state index contributed by atoms with van der Waals surface area (Å²) >= 11 is 0. The fraction of sp³-hybridized carbons (Fsp3) is 0.591. The minimum absolute atomic E-state index is 0.112. The minimum atomic E-state index is -0.553. The molecule has 3 heterocycles. The molecule has 3 unspecified atom stereocenters. The molecule has 29 heavy (non-hydrogen) atoms. The molecule has 3 N–H and O–H groups in total. The van der Waals surface area contributed by atoms with Gasteiger partial charge in [-0.3, -0.25) is 19.7 Å². The zero-order valence-electron chi connectivity index (χ0n) is 16.6. The van der Waals surface area contributed by atoms with Crippen molar-refractivity contribution in [3.8, 4) is 0 Å². The minimum Gasteiger partial charge on any atom is -0.322 e. The van der Waals surface area contributed by atoms with Gasteiger partial charge in [-0.15, -0.1) is 0 Å². The molecule has 3 fully saturated rings. The van der Waals surface area contributed by atoms with Crippen molar-refractivity contribution >= 4 is 17.7 Å². The fourth-order valence-electron chi connectivity index (χ4n) is 5.56. The summed E-state index contributed by atoms with van der Waals surface area (Å²) in [4.78, 5) is 38.0. The zero-order chi connectivity index (χ0) is 20.0. The maximum absolute atomic E-state index is 12.8. The first-order chi connectivity index (χ1) is 14.0. The van der Waals surface area contributed by atoms with Crippen molar-refractivity contribution in [3.63, 3.8) is 0 Å². The van der Waals surface area contributed by atoms with Crippen molar-refractivity contribution in [1.29, 1.82) is 0 Å². The van der Waals surface area contributed by atoms with Crippen LogP contribution in [0.1, 0.15) is 66.4 Å². The van der Waals surface area contributed by atoms with Gasteiger partial charge in [-0.05, 0) is 62.3 Å². The second-order valence-corrected chi connectivity index (χ2v) is 9.02. The molecule has 1 aromatic rings. The van der Waals surface area contributed by atoms with Crippen LogP contribution in [0, 0.1) is 0 Å². The molecule has 0 bridgehead atoms. The molecule has 1 aliphatic carbocycles. The van der Waals surface area contributed by atoms with Crippen molar-refractivity contribution in [3.05, 3.63) is 34.9 Å². The highest BCUT2D eigenvalue weighted by molar-refractivity contribution is 6.05. The van der Waals surface area contributed by atoms with Gasteiger partial charge in [0.05, 0.1) is 0 Å². The number of carbonyl (C=O) groups excluding carboxylic acids is 3. The fourth-order valence-corrected chi connectivity index (χ4v) is 5.56. The molecule has 7 heteroatoms. The molecule has 1 saturated carbocycles. The van der Waals surface area contributed by atoms with Gasteiger partial charge in [0.1, 0.15) is 6.04 Å². The molecular formula is C22H28N4O3. The highest BCUT2D eigenvalue weighted by atomic mass is 16.2. The summed E-state index contributed by atoms with van der Waals surface area (Å²) < 4.78 is 0. The lowest BCUT2D eigenvalue weighted by atomic mass is 9.95. The Balaban J connectivity index is 1.22. The number of carbonyl (C=O) groups is 3. The van der Waals surface area contributed by atoms with E-state index in [9.17, 15) is 14.4 Å². The molecule has 7 nitrogen and oxygen atoms in total. The first-order valence-electron chi connectivity index (χ1n) is 10.8. The molecule has 2 saturated heterocycles. The SMILES string of the molecule is O=C1CCC(N2Cc3cc(CNC4CCC5(CCCN5)C4)ccc3C2=O)C(=O)N1. The number of imide groups is 1. The monoisotopic (exact) mass is 396 g/mol. The van der Waals surface area contributed by atoms with Crippen LogP contribution in [0.2, 0.25) is 0 Å². The van der Waals surface area contributed by atoms with Crippen LogP contribution < -0.4 is 16.0 Å². The van der Waals surface area contributed by atoms with Crippen LogP contribution in [0.25, 0.3) is 0 Å². The van der Waals surface area contributed by atoms with E-state index in [-0.39, 0.29) is 24.1 Å². The van der Waals surface area contributed by atoms with Crippen LogP contribution in [0.5, 0.6) is 0 Å². The third-order valence-corrected chi connectivity index (χ3v) is 7.12. The van der Waals surface area contributed by atoms with Gasteiger partial charge in [-0.1, -0.05) is 12.1 Å². The topological polar surface area (TPSA) is 90.5 Å². The van der Waals surface area contributed by atoms with Gasteiger partial charge in [0.15, 0.2) is 0 Å². The Bertz CT molecular complexity index is 862. The van der Waals surface area contributed by atoms with E-state index in [1.807, 2.05) is 12.1 Å². The number of piperidine rings is 1. The van der Waals surface area contributed by atoms with Gasteiger partial charge >= 0.3 is 0 Å². The van der Waals surface area contributed by atoms with Crippen LogP contribution in [-0.2, 0) is 22.7 Å². The second kappa shape index (κ2) is 7.22. The van der Waals surface area contributed by atoms with E-state index in [0.717, 1.165) is 18.7 Å². The van der Waals surface area contributed by atoms with E-state index in [1.165, 1.54) is 37.7 Å². The van der Waals surface area contributed by atoms with E-state index in [1.54, 1.807) is 4.90 Å². The van der Waals surface area contributed by atoms with Gasteiger partial charge in [0.2, 0.25) is 11.8 Å². The van der Waals surface area contributed by atoms with Gasteiger partial charge in [-0.2, -0.15) is 0 Å². The van der Waals surface area contributed by atoms with Crippen molar-refractivity contribution in [2.45, 2.75) is 75.7 Å². The number of fused-ring (bicyclic) bond motifs is 1. The smallest absolute Gasteiger partial charge is 0.255 e. The standard InChI is InChI=1S/C22H28N4O3/c27-19-5-4-18(20(28)25-19)26-13-15-10-14(2-3-17(15)21(26)29)12-23-16-6-8-22(11-16)7-1-9-24-22/h2-3,10,16,18,23-24H,1,4-9,11-13H2,(H,25,27,28). The predicted molar refractivity (Wildman–Crippen MR) is 107 cm³/mol. The van der Waals surface area contributed by atoms with Gasteiger partial charge < -0.3 is 15.5 Å². The Morgan fingerprint density at radius 3 is 2.86 bits per heavy atom. The van der Waals surface area contributed by atoms with Crippen molar-refractivity contribution < 1.29 is 14.4 Å². The third-order valence-electron chi connectivity index (χ3n) is 7.12. The summed E-state index contributed by atoms with van der Waals surface area (Å²) in [5.74, 6) is -0.732. The number of nitrogens with zero attached hydrogens (tertiary/aromatic N) is 1. The number of amides is 3. The zero-order valence-corrected chi connectivity index (χ0v) is 16.6. The van der Waals surface area contributed by atoms with Crippen LogP contribution >= 0.6 is 0 Å². The van der Waals surface area contributed by atoms with Gasteiger partial charge in [-0.25, -0.2) is 0 Å². The number of nitrogens with one attached hydrogen (secondary N) is 3. The summed E-state index contributed by atoms with van der Waals surface area (Å²) in [7, 11) is 0. The van der Waals surface area contributed by atoms with E-state index >= 15 is 0 Å². The van der Waals surface area contributed by atoms with E-state index in [4.69, 9.17) is 0 Å². The quantitative estimate of drug-likeness (QED) is 0.666. The first kappa shape index (κ1) is 18.8. The molecule has 3 aliphatic heterocycles. The Morgan fingerprint density at radius 1 is 1.17 bits per heavy atom. The highest BCUT2D eigenvalue weighted by Gasteiger charge is 2.41. The summed E-state index contributed by atoms with van der Waals surface area (Å²) in [5.41, 5.74) is 3.18. The summed E-state index contributed by atoms with van der Waals surface area (Å²) in [6.45, 7) is 2.38. The third kappa shape index (κ3) is 3.46. The van der Waals surface area contributed by atoms with E-state index in [0.29, 0.717) is 30.1 Å². The molecule has 4 aliphatic rings. The molecular weight excluding hydrogens is 368 g/mol. The Hall–Kier alpha value is -2.25. The molecule has 3 atom stereocenters. The average Bonchev–Trinajstić information content (AvgIpc) is 3.41. The molecule has 1 aromatic carbocycles. The molecule has 1 spiro atoms. The number of hydrogen-bond acceptors (Lipinski definition) is 5. The van der Waals surface area contributed by atoms with Gasteiger partial charge in [0.25, 0.3) is 5.91 Å². The number of benzene rings is 1. The van der Waals surface area contributed by atoms with Crippen LogP contribution in [0.15, 0.2) is 18.2 Å². The summed E-state index contributed by atoms with van der Waals surface area (Å²) in [6, 6.07) is 5.97. The number of hydrogen-bond donors (Lipinski definition) is 3. The van der Waals surface area contributed by atoms with E-state index in [2.05, 4.69) is 22.0 Å². The van der Waals surface area contributed by atoms with Crippen molar-refractivity contribution in [1.82, 2.24) is 20.9 Å². The van der Waals surface area contributed by atoms with Gasteiger partial charge in [0, 0.05) is 36.7 Å². The maximum Gasteiger partial charge on any atom is 0.255 e. The van der Waals surface area contributed by atoms with Crippen LogP contribution in [-0.4, -0.2) is 46.8 Å². The average molecular weight is 396 g/mol. The maximum atomic E-state index is 12.8. The van der Waals surface area contributed by atoms with E-state index < -0.39 is 6.04 Å². The molecule has 5 rings (SSSR count). The predicted octanol–water partition coefficient (Wildman–Crippen LogP) is 1.21. The summed E-state index contributed by atoms with van der Waals surface area (Å²) in [5, 5.41) is 9.75. The lowest BCUT2D eigenvalue weighted by Crippen LogP contribution is -2.52.